The van der Waals surface area contributed by atoms with Gasteiger partial charge in [0.25, 0.3) is 0 Å². The van der Waals surface area contributed by atoms with E-state index in [1.165, 1.54) is 0 Å². The van der Waals surface area contributed by atoms with Crippen LogP contribution in [0.3, 0.4) is 0 Å². The third kappa shape index (κ3) is 6.04. The molecular weight excluding hydrogens is 268 g/mol. The Morgan fingerprint density at radius 1 is 1.29 bits per heavy atom. The van der Waals surface area contributed by atoms with Crippen LogP contribution in [0.5, 0.6) is 0 Å². The lowest BCUT2D eigenvalue weighted by Crippen LogP contribution is -2.53. The maximum absolute atomic E-state index is 12.2. The number of carbonyl (C=O) groups excluding carboxylic acids is 1. The highest BCUT2D eigenvalue weighted by Crippen LogP contribution is 2.25. The summed E-state index contributed by atoms with van der Waals surface area (Å²) in [6.07, 6.45) is 1.13. The quantitative estimate of drug-likeness (QED) is 0.814. The highest BCUT2D eigenvalue weighted by atomic mass is 16.4. The van der Waals surface area contributed by atoms with Crippen molar-refractivity contribution in [3.63, 3.8) is 0 Å². The van der Waals surface area contributed by atoms with Crippen molar-refractivity contribution in [1.82, 2.24) is 10.2 Å². The third-order valence-corrected chi connectivity index (χ3v) is 4.16. The molecule has 5 heteroatoms. The van der Waals surface area contributed by atoms with Gasteiger partial charge in [-0.3, -0.25) is 9.59 Å². The topological polar surface area (TPSA) is 69.6 Å². The first-order chi connectivity index (χ1) is 9.59. The van der Waals surface area contributed by atoms with Crippen LogP contribution in [-0.4, -0.2) is 47.6 Å². The highest BCUT2D eigenvalue weighted by molar-refractivity contribution is 5.81. The van der Waals surface area contributed by atoms with Gasteiger partial charge in [0.05, 0.1) is 6.42 Å². The lowest BCUT2D eigenvalue weighted by atomic mass is 9.84. The maximum Gasteiger partial charge on any atom is 0.304 e. The summed E-state index contributed by atoms with van der Waals surface area (Å²) in [4.78, 5) is 25.1. The van der Waals surface area contributed by atoms with Gasteiger partial charge in [-0.05, 0) is 18.3 Å². The Kier molecular flexibility index (Phi) is 6.20. The van der Waals surface area contributed by atoms with Crippen LogP contribution < -0.4 is 5.32 Å². The van der Waals surface area contributed by atoms with E-state index in [2.05, 4.69) is 24.1 Å². The predicted molar refractivity (Wildman–Crippen MR) is 83.0 cm³/mol. The van der Waals surface area contributed by atoms with Crippen molar-refractivity contribution in [2.24, 2.45) is 17.3 Å². The zero-order chi connectivity index (χ0) is 16.2. The van der Waals surface area contributed by atoms with Gasteiger partial charge in [0.1, 0.15) is 0 Å². The Morgan fingerprint density at radius 2 is 1.90 bits per heavy atom. The number of amides is 1. The molecule has 1 aliphatic heterocycles. The average molecular weight is 298 g/mol. The van der Waals surface area contributed by atoms with Gasteiger partial charge < -0.3 is 15.3 Å². The smallest absolute Gasteiger partial charge is 0.304 e. The van der Waals surface area contributed by atoms with E-state index in [0.717, 1.165) is 19.5 Å². The molecule has 1 amide bonds. The van der Waals surface area contributed by atoms with Crippen LogP contribution >= 0.6 is 0 Å². The SMILES string of the molecule is CC(C)C1CC(NC(=O)C(C)(C)C)CN(CCC(=O)O)C1. The summed E-state index contributed by atoms with van der Waals surface area (Å²) in [5.41, 5.74) is -0.392. The van der Waals surface area contributed by atoms with Crippen LogP contribution in [0.15, 0.2) is 0 Å². The van der Waals surface area contributed by atoms with Crippen LogP contribution in [0.25, 0.3) is 0 Å². The van der Waals surface area contributed by atoms with Gasteiger partial charge in [-0.1, -0.05) is 34.6 Å². The second kappa shape index (κ2) is 7.25. The fourth-order valence-corrected chi connectivity index (χ4v) is 2.66. The number of nitrogens with zero attached hydrogens (tertiary/aromatic N) is 1. The minimum absolute atomic E-state index is 0.0649. The first-order valence-corrected chi connectivity index (χ1v) is 7.84. The Bertz CT molecular complexity index is 374. The standard InChI is InChI=1S/C16H30N2O3/c1-11(2)12-8-13(17-15(21)16(3,4)5)10-18(9-12)7-6-14(19)20/h11-13H,6-10H2,1-5H3,(H,17,21)(H,19,20). The largest absolute Gasteiger partial charge is 0.481 e. The monoisotopic (exact) mass is 298 g/mol. The van der Waals surface area contributed by atoms with Crippen LogP contribution in [0.2, 0.25) is 0 Å². The second-order valence-corrected chi connectivity index (χ2v) is 7.56. The Labute approximate surface area is 128 Å². The van der Waals surface area contributed by atoms with E-state index in [1.807, 2.05) is 20.8 Å². The molecule has 2 unspecified atom stereocenters. The van der Waals surface area contributed by atoms with Gasteiger partial charge in [-0.15, -0.1) is 0 Å². The van der Waals surface area contributed by atoms with Gasteiger partial charge in [0, 0.05) is 31.1 Å². The van der Waals surface area contributed by atoms with Crippen molar-refractivity contribution in [3.05, 3.63) is 0 Å². The van der Waals surface area contributed by atoms with Crippen molar-refractivity contribution >= 4 is 11.9 Å². The molecule has 1 fully saturated rings. The number of nitrogens with one attached hydrogen (secondary N) is 1. The lowest BCUT2D eigenvalue weighted by molar-refractivity contribution is -0.137. The van der Waals surface area contributed by atoms with Crippen LogP contribution in [0.4, 0.5) is 0 Å². The molecule has 5 nitrogen and oxygen atoms in total. The molecule has 1 saturated heterocycles. The highest BCUT2D eigenvalue weighted by Gasteiger charge is 2.32. The van der Waals surface area contributed by atoms with Crippen LogP contribution in [0.1, 0.15) is 47.5 Å². The Balaban J connectivity index is 2.65. The van der Waals surface area contributed by atoms with Crippen molar-refractivity contribution in [1.29, 1.82) is 0 Å². The molecule has 0 aromatic carbocycles. The van der Waals surface area contributed by atoms with E-state index in [4.69, 9.17) is 5.11 Å². The Morgan fingerprint density at radius 3 is 2.38 bits per heavy atom. The molecule has 0 spiro atoms. The number of carboxylic acid groups (broad SMARTS) is 1. The van der Waals surface area contributed by atoms with Crippen molar-refractivity contribution in [2.75, 3.05) is 19.6 Å². The number of carbonyl (C=O) groups is 2. The molecule has 21 heavy (non-hydrogen) atoms. The minimum atomic E-state index is -0.767. The zero-order valence-electron chi connectivity index (χ0n) is 14.0. The first-order valence-electron chi connectivity index (χ1n) is 7.84. The number of carboxylic acids is 1. The molecule has 0 aromatic heterocycles. The number of aliphatic carboxylic acids is 1. The molecule has 1 aliphatic rings. The summed E-state index contributed by atoms with van der Waals surface area (Å²) in [5.74, 6) is 0.330. The summed E-state index contributed by atoms with van der Waals surface area (Å²) < 4.78 is 0. The summed E-state index contributed by atoms with van der Waals surface area (Å²) >= 11 is 0. The minimum Gasteiger partial charge on any atom is -0.481 e. The Hall–Kier alpha value is -1.10. The fraction of sp³-hybridized carbons (Fsp3) is 0.875. The predicted octanol–water partition coefficient (Wildman–Crippen LogP) is 1.97. The fourth-order valence-electron chi connectivity index (χ4n) is 2.66. The molecule has 1 heterocycles. The molecular formula is C16H30N2O3. The summed E-state index contributed by atoms with van der Waals surface area (Å²) in [6, 6.07) is 0.117. The number of likely N-dealkylation sites (tertiary alicyclic amines) is 1. The average Bonchev–Trinajstić information content (AvgIpc) is 2.34. The molecule has 0 bridgehead atoms. The third-order valence-electron chi connectivity index (χ3n) is 4.16. The van der Waals surface area contributed by atoms with E-state index < -0.39 is 11.4 Å². The van der Waals surface area contributed by atoms with Crippen molar-refractivity contribution < 1.29 is 14.7 Å². The molecule has 2 N–H and O–H groups in total. The second-order valence-electron chi connectivity index (χ2n) is 7.56. The number of piperidine rings is 1. The molecule has 0 aliphatic carbocycles. The molecule has 0 radical (unpaired) electrons. The zero-order valence-corrected chi connectivity index (χ0v) is 14.0. The van der Waals surface area contributed by atoms with Gasteiger partial charge in [-0.2, -0.15) is 0 Å². The van der Waals surface area contributed by atoms with Crippen molar-refractivity contribution in [3.8, 4) is 0 Å². The van der Waals surface area contributed by atoms with Crippen LogP contribution in [0, 0.1) is 17.3 Å². The van der Waals surface area contributed by atoms with Crippen molar-refractivity contribution in [2.45, 2.75) is 53.5 Å². The number of hydrogen-bond donors (Lipinski definition) is 2. The molecule has 122 valence electrons. The van der Waals surface area contributed by atoms with E-state index in [1.54, 1.807) is 0 Å². The first kappa shape index (κ1) is 18.0. The number of rotatable bonds is 5. The maximum atomic E-state index is 12.2. The summed E-state index contributed by atoms with van der Waals surface area (Å²) in [7, 11) is 0. The lowest BCUT2D eigenvalue weighted by Gasteiger charge is -2.40. The number of hydrogen-bond acceptors (Lipinski definition) is 3. The normalized spacial score (nSPS) is 24.1. The van der Waals surface area contributed by atoms with E-state index in [9.17, 15) is 9.59 Å². The van der Waals surface area contributed by atoms with Gasteiger partial charge in [-0.25, -0.2) is 0 Å². The molecule has 0 aromatic rings. The van der Waals surface area contributed by atoms with E-state index >= 15 is 0 Å². The summed E-state index contributed by atoms with van der Waals surface area (Å²) in [6.45, 7) is 12.3. The van der Waals surface area contributed by atoms with Gasteiger partial charge in [0.15, 0.2) is 0 Å². The molecule has 0 saturated carbocycles. The van der Waals surface area contributed by atoms with E-state index in [-0.39, 0.29) is 18.4 Å². The van der Waals surface area contributed by atoms with Crippen LogP contribution in [-0.2, 0) is 9.59 Å². The van der Waals surface area contributed by atoms with Gasteiger partial charge >= 0.3 is 5.97 Å². The molecule has 1 rings (SSSR count). The van der Waals surface area contributed by atoms with E-state index in [0.29, 0.717) is 18.4 Å². The molecule has 2 atom stereocenters. The summed E-state index contributed by atoms with van der Waals surface area (Å²) in [5, 5.41) is 12.0. The van der Waals surface area contributed by atoms with Gasteiger partial charge in [0.2, 0.25) is 5.91 Å².